The summed E-state index contributed by atoms with van der Waals surface area (Å²) in [5.74, 6) is 0.0141. The lowest BCUT2D eigenvalue weighted by molar-refractivity contribution is 0.0696. The molecule has 0 aromatic heterocycles. The van der Waals surface area contributed by atoms with Crippen molar-refractivity contribution >= 4 is 36.4 Å². The van der Waals surface area contributed by atoms with E-state index in [0.29, 0.717) is 5.56 Å². The van der Waals surface area contributed by atoms with Crippen molar-refractivity contribution in [3.63, 3.8) is 0 Å². The van der Waals surface area contributed by atoms with Gasteiger partial charge < -0.3 is 5.11 Å². The number of aromatic carboxylic acids is 1. The monoisotopic (exact) mass is 400 g/mol. The maximum atomic E-state index is 11.0. The van der Waals surface area contributed by atoms with Crippen LogP contribution in [0.2, 0.25) is 0 Å². The molecule has 2 N–H and O–H groups in total. The molecule has 0 saturated heterocycles. The van der Waals surface area contributed by atoms with Gasteiger partial charge >= 0.3 is 5.97 Å². The minimum absolute atomic E-state index is 0.300. The molecule has 0 heterocycles. The van der Waals surface area contributed by atoms with Crippen LogP contribution in [0.4, 0.5) is 0 Å². The highest BCUT2D eigenvalue weighted by Gasteiger charge is 2.03. The summed E-state index contributed by atoms with van der Waals surface area (Å²) in [6, 6.07) is 15.5. The highest BCUT2D eigenvalue weighted by atomic mass is 32.2. The summed E-state index contributed by atoms with van der Waals surface area (Å²) in [5.41, 5.74) is 3.86. The topological polar surface area (TPSA) is 61.7 Å². The van der Waals surface area contributed by atoms with Crippen LogP contribution in [-0.2, 0) is 5.75 Å². The van der Waals surface area contributed by atoms with Crippen LogP contribution in [0.15, 0.2) is 69.5 Å². The third-order valence-corrected chi connectivity index (χ3v) is 5.55. The summed E-state index contributed by atoms with van der Waals surface area (Å²) < 4.78 is 3.26. The number of carbonyl (C=O) groups is 1. The van der Waals surface area contributed by atoms with E-state index in [9.17, 15) is 4.79 Å². The van der Waals surface area contributed by atoms with Crippen molar-refractivity contribution < 1.29 is 9.90 Å². The fourth-order valence-electron chi connectivity index (χ4n) is 2.26. The molecule has 142 valence electrons. The molecule has 4 nitrogen and oxygen atoms in total. The zero-order chi connectivity index (χ0) is 19.5. The quantitative estimate of drug-likeness (QED) is 0.294. The standard InChI is InChI=1S/C21H24N2O2S2/c1-16-8-10-17(11-9-16)14-26-15-19(22-2)6-4-12-23-27-20-7-3-5-18(13-20)21(24)25/h3,5,7-11,13,15,23H,2,4,6,12,14H2,1H3,(H,24,25)/b19-15-. The first kappa shape index (κ1) is 21.3. The first-order valence-corrected chi connectivity index (χ1v) is 10.5. The van der Waals surface area contributed by atoms with Crippen LogP contribution >= 0.6 is 23.7 Å². The fraction of sp³-hybridized carbons (Fsp3) is 0.238. The second kappa shape index (κ2) is 11.6. The first-order valence-electron chi connectivity index (χ1n) is 8.64. The molecular weight excluding hydrogens is 376 g/mol. The number of thioether (sulfide) groups is 1. The Morgan fingerprint density at radius 1 is 1.26 bits per heavy atom. The van der Waals surface area contributed by atoms with Gasteiger partial charge in [-0.1, -0.05) is 35.9 Å². The van der Waals surface area contributed by atoms with E-state index in [1.807, 2.05) is 6.07 Å². The van der Waals surface area contributed by atoms with Gasteiger partial charge in [-0.2, -0.15) is 0 Å². The number of hydrogen-bond acceptors (Lipinski definition) is 5. The predicted molar refractivity (Wildman–Crippen MR) is 117 cm³/mol. The van der Waals surface area contributed by atoms with Gasteiger partial charge in [-0.3, -0.25) is 9.71 Å². The molecular formula is C21H24N2O2S2. The van der Waals surface area contributed by atoms with E-state index >= 15 is 0 Å². The lowest BCUT2D eigenvalue weighted by Gasteiger charge is -2.06. The average molecular weight is 401 g/mol. The van der Waals surface area contributed by atoms with Gasteiger partial charge in [0.05, 0.1) is 5.56 Å². The number of carboxylic acid groups (broad SMARTS) is 1. The summed E-state index contributed by atoms with van der Waals surface area (Å²) in [6.45, 7) is 6.55. The highest BCUT2D eigenvalue weighted by molar-refractivity contribution is 8.01. The molecule has 0 aliphatic heterocycles. The minimum atomic E-state index is -0.910. The molecule has 0 saturated carbocycles. The van der Waals surface area contributed by atoms with Gasteiger partial charge in [-0.25, -0.2) is 4.79 Å². The summed E-state index contributed by atoms with van der Waals surface area (Å²) in [5, 5.41) is 11.1. The number of nitrogens with zero attached hydrogens (tertiary/aromatic N) is 1. The van der Waals surface area contributed by atoms with Gasteiger partial charge in [-0.05, 0) is 67.6 Å². The second-order valence-electron chi connectivity index (χ2n) is 6.00. The zero-order valence-electron chi connectivity index (χ0n) is 15.4. The van der Waals surface area contributed by atoms with E-state index in [2.05, 4.69) is 53.0 Å². The van der Waals surface area contributed by atoms with Crippen molar-refractivity contribution in [1.82, 2.24) is 4.72 Å². The van der Waals surface area contributed by atoms with Gasteiger partial charge in [0, 0.05) is 22.9 Å². The number of hydrogen-bond donors (Lipinski definition) is 2. The third-order valence-electron chi connectivity index (χ3n) is 3.78. The van der Waals surface area contributed by atoms with Crippen LogP contribution in [-0.4, -0.2) is 24.3 Å². The van der Waals surface area contributed by atoms with Crippen LogP contribution in [0, 0.1) is 6.92 Å². The number of aliphatic imine (C=N–C) groups is 1. The van der Waals surface area contributed by atoms with Crippen LogP contribution in [0.1, 0.15) is 34.3 Å². The lowest BCUT2D eigenvalue weighted by atomic mass is 10.2. The molecule has 0 aliphatic rings. The molecule has 0 aliphatic carbocycles. The largest absolute Gasteiger partial charge is 0.478 e. The molecule has 0 fully saturated rings. The molecule has 0 amide bonds. The average Bonchev–Trinajstić information content (AvgIpc) is 2.68. The van der Waals surface area contributed by atoms with Crippen molar-refractivity contribution in [3.05, 3.63) is 76.3 Å². The molecule has 27 heavy (non-hydrogen) atoms. The molecule has 0 unspecified atom stereocenters. The van der Waals surface area contributed by atoms with Gasteiger partial charge in [-0.15, -0.1) is 11.8 Å². The van der Waals surface area contributed by atoms with Crippen molar-refractivity contribution in [2.75, 3.05) is 6.54 Å². The van der Waals surface area contributed by atoms with Crippen LogP contribution in [0.5, 0.6) is 0 Å². The number of allylic oxidation sites excluding steroid dienone is 1. The Bertz CT molecular complexity index is 789. The van der Waals surface area contributed by atoms with Crippen molar-refractivity contribution in [3.8, 4) is 0 Å². The SMILES string of the molecule is C=N/C(=C\SCc1ccc(C)cc1)CCCNSc1cccc(C(=O)O)c1. The number of rotatable bonds is 11. The smallest absolute Gasteiger partial charge is 0.335 e. The Kier molecular flexibility index (Phi) is 9.18. The van der Waals surface area contributed by atoms with E-state index < -0.39 is 5.97 Å². The van der Waals surface area contributed by atoms with E-state index in [4.69, 9.17) is 5.11 Å². The van der Waals surface area contributed by atoms with Gasteiger partial charge in [0.25, 0.3) is 0 Å². The zero-order valence-corrected chi connectivity index (χ0v) is 17.0. The Labute approximate surface area is 169 Å². The second-order valence-corrected chi connectivity index (χ2v) is 7.82. The summed E-state index contributed by atoms with van der Waals surface area (Å²) in [6.07, 6.45) is 1.79. The van der Waals surface area contributed by atoms with E-state index in [0.717, 1.165) is 35.7 Å². The summed E-state index contributed by atoms with van der Waals surface area (Å²) >= 11 is 3.18. The van der Waals surface area contributed by atoms with E-state index in [1.165, 1.54) is 23.1 Å². The van der Waals surface area contributed by atoms with Crippen molar-refractivity contribution in [2.24, 2.45) is 4.99 Å². The van der Waals surface area contributed by atoms with E-state index in [-0.39, 0.29) is 0 Å². The van der Waals surface area contributed by atoms with Gasteiger partial charge in [0.1, 0.15) is 0 Å². The molecule has 6 heteroatoms. The van der Waals surface area contributed by atoms with Crippen molar-refractivity contribution in [2.45, 2.75) is 30.4 Å². The fourth-order valence-corrected chi connectivity index (χ4v) is 3.86. The Balaban J connectivity index is 1.68. The Morgan fingerprint density at radius 2 is 2.04 bits per heavy atom. The maximum Gasteiger partial charge on any atom is 0.335 e. The van der Waals surface area contributed by atoms with Gasteiger partial charge in [0.2, 0.25) is 0 Å². The molecule has 0 spiro atoms. The molecule has 2 rings (SSSR count). The maximum absolute atomic E-state index is 11.0. The molecule has 2 aromatic rings. The third kappa shape index (κ3) is 8.03. The van der Waals surface area contributed by atoms with Crippen molar-refractivity contribution in [1.29, 1.82) is 0 Å². The number of aryl methyl sites for hydroxylation is 1. The Morgan fingerprint density at radius 3 is 2.74 bits per heavy atom. The molecule has 0 atom stereocenters. The summed E-state index contributed by atoms with van der Waals surface area (Å²) in [7, 11) is 0. The number of carboxylic acids is 1. The first-order chi connectivity index (χ1) is 13.1. The molecule has 0 radical (unpaired) electrons. The highest BCUT2D eigenvalue weighted by Crippen LogP contribution is 2.19. The number of benzene rings is 2. The van der Waals surface area contributed by atoms with E-state index in [1.54, 1.807) is 30.0 Å². The Hall–Kier alpha value is -2.02. The van der Waals surface area contributed by atoms with Crippen LogP contribution < -0.4 is 4.72 Å². The number of nitrogens with one attached hydrogen (secondary N) is 1. The molecule has 2 aromatic carbocycles. The normalized spacial score (nSPS) is 11.4. The minimum Gasteiger partial charge on any atom is -0.478 e. The molecule has 0 bridgehead atoms. The van der Waals surface area contributed by atoms with Crippen LogP contribution in [0.3, 0.4) is 0 Å². The lowest BCUT2D eigenvalue weighted by Crippen LogP contribution is -2.05. The van der Waals surface area contributed by atoms with Crippen LogP contribution in [0.25, 0.3) is 0 Å². The van der Waals surface area contributed by atoms with Gasteiger partial charge in [0.15, 0.2) is 0 Å². The summed E-state index contributed by atoms with van der Waals surface area (Å²) in [4.78, 5) is 16.0. The predicted octanol–water partition coefficient (Wildman–Crippen LogP) is 5.55.